The van der Waals surface area contributed by atoms with Gasteiger partial charge in [0.1, 0.15) is 5.82 Å². The highest BCUT2D eigenvalue weighted by atomic mass is 19.4. The van der Waals surface area contributed by atoms with Crippen molar-refractivity contribution < 1.29 is 17.6 Å². The van der Waals surface area contributed by atoms with Crippen LogP contribution in [0.25, 0.3) is 0 Å². The second-order valence-corrected chi connectivity index (χ2v) is 6.66. The van der Waals surface area contributed by atoms with Crippen molar-refractivity contribution in [3.05, 3.63) is 87.6 Å². The topological polar surface area (TPSA) is 71.3 Å². The molecule has 3 aromatic rings. The van der Waals surface area contributed by atoms with Gasteiger partial charge < -0.3 is 5.32 Å². The van der Waals surface area contributed by atoms with Crippen molar-refractivity contribution in [2.75, 3.05) is 10.6 Å². The highest BCUT2D eigenvalue weighted by Crippen LogP contribution is 2.31. The summed E-state index contributed by atoms with van der Waals surface area (Å²) in [6.45, 7) is 1.64. The zero-order valence-electron chi connectivity index (χ0n) is 15.5. The fourth-order valence-corrected chi connectivity index (χ4v) is 3.08. The molecule has 1 unspecified atom stereocenters. The van der Waals surface area contributed by atoms with E-state index in [4.69, 9.17) is 0 Å². The molecule has 30 heavy (non-hydrogen) atoms. The lowest BCUT2D eigenvalue weighted by Gasteiger charge is -2.27. The van der Waals surface area contributed by atoms with Gasteiger partial charge in [-0.1, -0.05) is 18.2 Å². The number of fused-ring (bicyclic) bond motifs is 1. The first-order chi connectivity index (χ1) is 14.2. The smallest absolute Gasteiger partial charge is 0.326 e. The molecule has 0 aliphatic carbocycles. The van der Waals surface area contributed by atoms with E-state index < -0.39 is 23.7 Å². The van der Waals surface area contributed by atoms with E-state index in [1.807, 2.05) is 0 Å². The molecular weight excluding hydrogens is 402 g/mol. The number of aryl methyl sites for hydroxylation is 1. The van der Waals surface area contributed by atoms with Crippen molar-refractivity contribution in [2.45, 2.75) is 19.3 Å². The molecule has 2 N–H and O–H groups in total. The number of halogens is 4. The molecule has 1 aliphatic rings. The fraction of sp³-hybridized carbons (Fsp3) is 0.150. The van der Waals surface area contributed by atoms with Crippen molar-refractivity contribution in [3.63, 3.8) is 0 Å². The second kappa shape index (κ2) is 7.29. The van der Waals surface area contributed by atoms with Gasteiger partial charge in [0.2, 0.25) is 11.9 Å². The predicted octanol–water partition coefficient (Wildman–Crippen LogP) is 4.15. The molecule has 4 rings (SSSR count). The van der Waals surface area contributed by atoms with E-state index >= 15 is 0 Å². The van der Waals surface area contributed by atoms with Gasteiger partial charge in [0.05, 0.1) is 5.56 Å². The number of anilines is 2. The predicted molar refractivity (Wildman–Crippen MR) is 104 cm³/mol. The molecule has 10 heteroatoms. The summed E-state index contributed by atoms with van der Waals surface area (Å²) in [6, 6.07) is 11.4. The Morgan fingerprint density at radius 3 is 2.53 bits per heavy atom. The van der Waals surface area contributed by atoms with Crippen molar-refractivity contribution in [1.82, 2.24) is 9.55 Å². The van der Waals surface area contributed by atoms with E-state index in [-0.39, 0.29) is 23.2 Å². The number of benzene rings is 2. The van der Waals surface area contributed by atoms with Crippen LogP contribution in [-0.4, -0.2) is 15.5 Å². The molecule has 2 heterocycles. The standard InChI is InChI=1S/C20H15F4N5O/c1-11-9-16(30)29-17(12-5-7-14(21)8-6-12)27-18(28-19(29)25-11)26-15-4-2-3-13(10-15)20(22,23)24/h2-10,17H,1H3,(H2,25,26,27,28). The van der Waals surface area contributed by atoms with Crippen LogP contribution < -0.4 is 16.2 Å². The number of aliphatic imine (C=N–C) groups is 1. The van der Waals surface area contributed by atoms with Gasteiger partial charge in [0.25, 0.3) is 5.56 Å². The zero-order chi connectivity index (χ0) is 21.5. The average molecular weight is 417 g/mol. The Hall–Kier alpha value is -3.69. The maximum atomic E-state index is 13.3. The summed E-state index contributed by atoms with van der Waals surface area (Å²) in [6.07, 6.45) is -5.37. The Morgan fingerprint density at radius 2 is 1.83 bits per heavy atom. The highest BCUT2D eigenvalue weighted by Gasteiger charge is 2.31. The van der Waals surface area contributed by atoms with Crippen LogP contribution in [0.3, 0.4) is 0 Å². The van der Waals surface area contributed by atoms with E-state index in [0.29, 0.717) is 11.3 Å². The zero-order valence-corrected chi connectivity index (χ0v) is 15.5. The first-order valence-corrected chi connectivity index (χ1v) is 8.85. The summed E-state index contributed by atoms with van der Waals surface area (Å²) < 4.78 is 53.6. The van der Waals surface area contributed by atoms with E-state index in [1.54, 1.807) is 6.92 Å². The molecule has 0 spiro atoms. The monoisotopic (exact) mass is 417 g/mol. The largest absolute Gasteiger partial charge is 0.416 e. The van der Waals surface area contributed by atoms with E-state index in [1.165, 1.54) is 47.0 Å². The quantitative estimate of drug-likeness (QED) is 0.615. The van der Waals surface area contributed by atoms with Gasteiger partial charge in [-0.3, -0.25) is 14.7 Å². The third-order valence-electron chi connectivity index (χ3n) is 4.43. The second-order valence-electron chi connectivity index (χ2n) is 6.66. The van der Waals surface area contributed by atoms with Gasteiger partial charge >= 0.3 is 6.18 Å². The van der Waals surface area contributed by atoms with E-state index in [2.05, 4.69) is 20.6 Å². The summed E-state index contributed by atoms with van der Waals surface area (Å²) in [5.74, 6) is -0.187. The van der Waals surface area contributed by atoms with Crippen LogP contribution in [0.4, 0.5) is 29.2 Å². The van der Waals surface area contributed by atoms with Gasteiger partial charge in [-0.05, 0) is 42.8 Å². The summed E-state index contributed by atoms with van der Waals surface area (Å²) in [5, 5.41) is 5.63. The van der Waals surface area contributed by atoms with Gasteiger partial charge in [0.15, 0.2) is 6.17 Å². The first kappa shape index (κ1) is 19.6. The van der Waals surface area contributed by atoms with Gasteiger partial charge in [-0.15, -0.1) is 0 Å². The third kappa shape index (κ3) is 3.88. The van der Waals surface area contributed by atoms with Gasteiger partial charge in [0, 0.05) is 17.4 Å². The minimum Gasteiger partial charge on any atom is -0.326 e. The van der Waals surface area contributed by atoms with Gasteiger partial charge in [-0.25, -0.2) is 14.4 Å². The number of nitrogens with zero attached hydrogens (tertiary/aromatic N) is 3. The molecule has 1 atom stereocenters. The molecule has 0 amide bonds. The SMILES string of the molecule is Cc1cc(=O)n2c(n1)NC(Nc1cccc(C(F)(F)F)c1)=NC2c1ccc(F)cc1. The van der Waals surface area contributed by atoms with E-state index in [9.17, 15) is 22.4 Å². The fourth-order valence-electron chi connectivity index (χ4n) is 3.08. The molecule has 1 aromatic heterocycles. The Balaban J connectivity index is 1.76. The lowest BCUT2D eigenvalue weighted by Crippen LogP contribution is -2.37. The lowest BCUT2D eigenvalue weighted by molar-refractivity contribution is -0.137. The Labute approximate surface area is 167 Å². The minimum atomic E-state index is -4.49. The van der Waals surface area contributed by atoms with Crippen molar-refractivity contribution >= 4 is 17.6 Å². The molecule has 6 nitrogen and oxygen atoms in total. The molecule has 154 valence electrons. The third-order valence-corrected chi connectivity index (χ3v) is 4.43. The van der Waals surface area contributed by atoms with Crippen LogP contribution in [0.5, 0.6) is 0 Å². The Bertz CT molecular complexity index is 1190. The van der Waals surface area contributed by atoms with Crippen molar-refractivity contribution in [3.8, 4) is 0 Å². The highest BCUT2D eigenvalue weighted by molar-refractivity contribution is 6.03. The molecule has 1 aliphatic heterocycles. The number of hydrogen-bond acceptors (Lipinski definition) is 5. The summed E-state index contributed by atoms with van der Waals surface area (Å²) in [4.78, 5) is 21.3. The number of aromatic nitrogens is 2. The van der Waals surface area contributed by atoms with Crippen LogP contribution in [-0.2, 0) is 6.18 Å². The lowest BCUT2D eigenvalue weighted by atomic mass is 10.1. The van der Waals surface area contributed by atoms with Gasteiger partial charge in [-0.2, -0.15) is 13.2 Å². The number of nitrogens with one attached hydrogen (secondary N) is 2. The number of hydrogen-bond donors (Lipinski definition) is 2. The van der Waals surface area contributed by atoms with Crippen LogP contribution in [0.15, 0.2) is 64.4 Å². The maximum Gasteiger partial charge on any atom is 0.416 e. The normalized spacial score (nSPS) is 15.8. The van der Waals surface area contributed by atoms with E-state index in [0.717, 1.165) is 12.1 Å². The molecule has 0 saturated carbocycles. The average Bonchev–Trinajstić information content (AvgIpc) is 2.67. The number of alkyl halides is 3. The van der Waals surface area contributed by atoms with Crippen molar-refractivity contribution in [2.24, 2.45) is 4.99 Å². The Morgan fingerprint density at radius 1 is 1.10 bits per heavy atom. The van der Waals surface area contributed by atoms with Crippen LogP contribution in [0.1, 0.15) is 23.0 Å². The first-order valence-electron chi connectivity index (χ1n) is 8.85. The molecule has 0 fully saturated rings. The maximum absolute atomic E-state index is 13.3. The van der Waals surface area contributed by atoms with Crippen LogP contribution >= 0.6 is 0 Å². The number of rotatable bonds is 2. The molecule has 0 bridgehead atoms. The number of guanidine groups is 1. The minimum absolute atomic E-state index is 0.0983. The molecule has 0 radical (unpaired) electrons. The molecular formula is C20H15F4N5O. The summed E-state index contributed by atoms with van der Waals surface area (Å²) in [7, 11) is 0. The summed E-state index contributed by atoms with van der Waals surface area (Å²) in [5.41, 5.74) is -0.0738. The molecule has 0 saturated heterocycles. The summed E-state index contributed by atoms with van der Waals surface area (Å²) >= 11 is 0. The van der Waals surface area contributed by atoms with Crippen LogP contribution in [0.2, 0.25) is 0 Å². The van der Waals surface area contributed by atoms with Crippen LogP contribution in [0, 0.1) is 12.7 Å². The Kier molecular flexibility index (Phi) is 4.76. The molecule has 2 aromatic carbocycles. The van der Waals surface area contributed by atoms with Crippen molar-refractivity contribution in [1.29, 1.82) is 0 Å².